The van der Waals surface area contributed by atoms with Gasteiger partial charge in [0.1, 0.15) is 18.2 Å². The van der Waals surface area contributed by atoms with Gasteiger partial charge in [0.05, 0.1) is 6.61 Å². The van der Waals surface area contributed by atoms with Crippen LogP contribution in [0, 0.1) is 32.1 Å². The third-order valence-corrected chi connectivity index (χ3v) is 3.92. The lowest BCUT2D eigenvalue weighted by Crippen LogP contribution is -2.11. The zero-order valence-electron chi connectivity index (χ0n) is 15.0. The summed E-state index contributed by atoms with van der Waals surface area (Å²) in [6, 6.07) is 12.1. The fourth-order valence-electron chi connectivity index (χ4n) is 2.61. The molecule has 0 aliphatic heterocycles. The number of aryl methyl sites for hydroxylation is 2. The molecule has 25 heavy (non-hydrogen) atoms. The number of esters is 1. The Morgan fingerprint density at radius 2 is 1.88 bits per heavy atom. The minimum Gasteiger partial charge on any atom is -0.459 e. The van der Waals surface area contributed by atoms with Crippen LogP contribution < -0.4 is 0 Å². The molecule has 0 bridgehead atoms. The summed E-state index contributed by atoms with van der Waals surface area (Å²) in [5, 5.41) is 9.27. The van der Waals surface area contributed by atoms with Gasteiger partial charge in [0.2, 0.25) is 0 Å². The summed E-state index contributed by atoms with van der Waals surface area (Å²) in [5.74, 6) is -0.639. The van der Waals surface area contributed by atoms with E-state index in [1.165, 1.54) is 12.7 Å². The van der Waals surface area contributed by atoms with Crippen molar-refractivity contribution < 1.29 is 14.3 Å². The first-order valence-electron chi connectivity index (χ1n) is 8.01. The second-order valence-electron chi connectivity index (χ2n) is 5.80. The highest BCUT2D eigenvalue weighted by Crippen LogP contribution is 2.23. The highest BCUT2D eigenvalue weighted by molar-refractivity contribution is 5.98. The lowest BCUT2D eigenvalue weighted by molar-refractivity contribution is -0.139. The number of nitriles is 1. The summed E-state index contributed by atoms with van der Waals surface area (Å²) >= 11 is 0. The smallest absolute Gasteiger partial charge is 0.348 e. The molecular weight excluding hydrogens is 316 g/mol. The summed E-state index contributed by atoms with van der Waals surface area (Å²) in [5.41, 5.74) is 5.01. The first-order valence-corrected chi connectivity index (χ1v) is 8.01. The van der Waals surface area contributed by atoms with Gasteiger partial charge in [-0.25, -0.2) is 4.79 Å². The average Bonchev–Trinajstić information content (AvgIpc) is 2.87. The standard InChI is InChI=1S/C20H22N2O3/c1-14-5-7-19(8-6-14)22-15(2)11-17(16(22)3)12-18(13-21)20(23)25-10-9-24-4/h5-8,11-12H,9-10H2,1-4H3/b18-12+. The molecule has 0 saturated heterocycles. The minimum atomic E-state index is -0.639. The quantitative estimate of drug-likeness (QED) is 0.350. The van der Waals surface area contributed by atoms with Gasteiger partial charge in [0, 0.05) is 24.2 Å². The van der Waals surface area contributed by atoms with Crippen molar-refractivity contribution in [3.05, 3.63) is 58.4 Å². The van der Waals surface area contributed by atoms with Crippen LogP contribution in [-0.2, 0) is 14.3 Å². The Kier molecular flexibility index (Phi) is 6.15. The molecule has 0 spiro atoms. The van der Waals surface area contributed by atoms with Crippen molar-refractivity contribution in [1.82, 2.24) is 4.57 Å². The van der Waals surface area contributed by atoms with Crippen molar-refractivity contribution >= 4 is 12.0 Å². The van der Waals surface area contributed by atoms with E-state index in [-0.39, 0.29) is 12.2 Å². The second-order valence-corrected chi connectivity index (χ2v) is 5.80. The Balaban J connectivity index is 2.33. The summed E-state index contributed by atoms with van der Waals surface area (Å²) in [6.07, 6.45) is 1.57. The van der Waals surface area contributed by atoms with Crippen LogP contribution in [0.3, 0.4) is 0 Å². The van der Waals surface area contributed by atoms with Gasteiger partial charge in [-0.1, -0.05) is 17.7 Å². The summed E-state index contributed by atoms with van der Waals surface area (Å²) < 4.78 is 12.0. The van der Waals surface area contributed by atoms with Crippen LogP contribution in [-0.4, -0.2) is 30.9 Å². The molecule has 0 saturated carbocycles. The Morgan fingerprint density at radius 3 is 2.48 bits per heavy atom. The van der Waals surface area contributed by atoms with Crippen molar-refractivity contribution in [3.63, 3.8) is 0 Å². The zero-order chi connectivity index (χ0) is 18.4. The molecule has 2 aromatic rings. The van der Waals surface area contributed by atoms with Gasteiger partial charge in [-0.3, -0.25) is 0 Å². The van der Waals surface area contributed by atoms with Crippen molar-refractivity contribution in [2.24, 2.45) is 0 Å². The SMILES string of the molecule is COCCOC(=O)/C(C#N)=C/c1cc(C)n(-c2ccc(C)cc2)c1C. The normalized spacial score (nSPS) is 11.2. The van der Waals surface area contributed by atoms with E-state index < -0.39 is 5.97 Å². The maximum Gasteiger partial charge on any atom is 0.348 e. The van der Waals surface area contributed by atoms with Crippen LogP contribution in [0.25, 0.3) is 11.8 Å². The lowest BCUT2D eigenvalue weighted by atomic mass is 10.1. The number of benzene rings is 1. The number of carbonyl (C=O) groups excluding carboxylic acids is 1. The van der Waals surface area contributed by atoms with Crippen molar-refractivity contribution in [3.8, 4) is 11.8 Å². The number of carbonyl (C=O) groups is 1. The summed E-state index contributed by atoms with van der Waals surface area (Å²) in [4.78, 5) is 12.0. The van der Waals surface area contributed by atoms with Gasteiger partial charge >= 0.3 is 5.97 Å². The summed E-state index contributed by atoms with van der Waals surface area (Å²) in [6.45, 7) is 6.42. The van der Waals surface area contributed by atoms with E-state index in [2.05, 4.69) is 16.7 Å². The largest absolute Gasteiger partial charge is 0.459 e. The van der Waals surface area contributed by atoms with E-state index >= 15 is 0 Å². The number of ether oxygens (including phenoxy) is 2. The molecule has 5 heteroatoms. The van der Waals surface area contributed by atoms with Crippen molar-refractivity contribution in [2.75, 3.05) is 20.3 Å². The highest BCUT2D eigenvalue weighted by Gasteiger charge is 2.14. The molecular formula is C20H22N2O3. The molecule has 0 amide bonds. The predicted molar refractivity (Wildman–Crippen MR) is 96.4 cm³/mol. The van der Waals surface area contributed by atoms with Crippen LogP contribution >= 0.6 is 0 Å². The van der Waals surface area contributed by atoms with E-state index in [4.69, 9.17) is 9.47 Å². The first kappa shape index (κ1) is 18.5. The molecule has 0 aliphatic carbocycles. The molecule has 2 rings (SSSR count). The first-order chi connectivity index (χ1) is 12.0. The predicted octanol–water partition coefficient (Wildman–Crippen LogP) is 3.50. The molecule has 0 atom stereocenters. The number of hydrogen-bond donors (Lipinski definition) is 0. The van der Waals surface area contributed by atoms with Gasteiger partial charge in [0.25, 0.3) is 0 Å². The zero-order valence-corrected chi connectivity index (χ0v) is 15.0. The van der Waals surface area contributed by atoms with Gasteiger partial charge in [-0.15, -0.1) is 0 Å². The summed E-state index contributed by atoms with van der Waals surface area (Å²) in [7, 11) is 1.52. The number of methoxy groups -OCH3 is 1. The van der Waals surface area contributed by atoms with Gasteiger partial charge < -0.3 is 14.0 Å². The number of nitrogens with zero attached hydrogens (tertiary/aromatic N) is 2. The van der Waals surface area contributed by atoms with Crippen LogP contribution in [0.15, 0.2) is 35.9 Å². The Labute approximate surface area is 148 Å². The molecule has 0 radical (unpaired) electrons. The Bertz CT molecular complexity index is 824. The Hall–Kier alpha value is -2.84. The Morgan fingerprint density at radius 1 is 1.20 bits per heavy atom. The van der Waals surface area contributed by atoms with Crippen LogP contribution in [0.2, 0.25) is 0 Å². The van der Waals surface area contributed by atoms with E-state index in [1.807, 2.05) is 45.0 Å². The van der Waals surface area contributed by atoms with Gasteiger partial charge in [-0.05, 0) is 50.6 Å². The van der Waals surface area contributed by atoms with E-state index in [1.54, 1.807) is 6.08 Å². The van der Waals surface area contributed by atoms with Crippen LogP contribution in [0.5, 0.6) is 0 Å². The maximum absolute atomic E-state index is 12.0. The molecule has 1 aromatic carbocycles. The van der Waals surface area contributed by atoms with Crippen LogP contribution in [0.1, 0.15) is 22.5 Å². The lowest BCUT2D eigenvalue weighted by Gasteiger charge is -2.10. The fraction of sp³-hybridized carbons (Fsp3) is 0.300. The molecule has 1 heterocycles. The number of hydrogen-bond acceptors (Lipinski definition) is 4. The number of aromatic nitrogens is 1. The molecule has 0 fully saturated rings. The molecule has 5 nitrogen and oxygen atoms in total. The maximum atomic E-state index is 12.0. The molecule has 0 aliphatic rings. The molecule has 1 aromatic heterocycles. The fourth-order valence-corrected chi connectivity index (χ4v) is 2.61. The van der Waals surface area contributed by atoms with Crippen LogP contribution in [0.4, 0.5) is 0 Å². The van der Waals surface area contributed by atoms with Gasteiger partial charge in [-0.2, -0.15) is 5.26 Å². The minimum absolute atomic E-state index is 0.0275. The highest BCUT2D eigenvalue weighted by atomic mass is 16.6. The average molecular weight is 338 g/mol. The van der Waals surface area contributed by atoms with E-state index in [0.29, 0.717) is 6.61 Å². The third-order valence-electron chi connectivity index (χ3n) is 3.92. The number of rotatable bonds is 6. The second kappa shape index (κ2) is 8.32. The monoisotopic (exact) mass is 338 g/mol. The van der Waals surface area contributed by atoms with Crippen molar-refractivity contribution in [2.45, 2.75) is 20.8 Å². The molecule has 0 N–H and O–H groups in total. The van der Waals surface area contributed by atoms with Gasteiger partial charge in [0.15, 0.2) is 0 Å². The van der Waals surface area contributed by atoms with E-state index in [9.17, 15) is 10.1 Å². The van der Waals surface area contributed by atoms with E-state index in [0.717, 1.165) is 22.6 Å². The molecule has 130 valence electrons. The molecule has 0 unspecified atom stereocenters. The topological polar surface area (TPSA) is 64.2 Å². The van der Waals surface area contributed by atoms with Crippen molar-refractivity contribution in [1.29, 1.82) is 5.26 Å². The third kappa shape index (κ3) is 4.37.